The van der Waals surface area contributed by atoms with Gasteiger partial charge in [0, 0.05) is 10.9 Å². The van der Waals surface area contributed by atoms with Crippen LogP contribution in [-0.2, 0) is 0 Å². The zero-order valence-corrected chi connectivity index (χ0v) is 16.1. The molecule has 0 aliphatic carbocycles. The zero-order valence-electron chi connectivity index (χ0n) is 13.7. The Hall–Kier alpha value is -1.72. The molecule has 1 heterocycles. The van der Waals surface area contributed by atoms with E-state index in [1.807, 2.05) is 12.1 Å². The summed E-state index contributed by atoms with van der Waals surface area (Å²) in [6.07, 6.45) is 0.792. The van der Waals surface area contributed by atoms with Crippen LogP contribution < -0.4 is 5.73 Å². The molecule has 0 fully saturated rings. The summed E-state index contributed by atoms with van der Waals surface area (Å²) in [5.41, 5.74) is 10.5. The fraction of sp³-hybridized carbons (Fsp3) is 0.263. The van der Waals surface area contributed by atoms with Gasteiger partial charge >= 0.3 is 0 Å². The Morgan fingerprint density at radius 1 is 1.17 bits per heavy atom. The molecule has 0 bridgehead atoms. The summed E-state index contributed by atoms with van der Waals surface area (Å²) in [5.74, 6) is 0.517. The highest BCUT2D eigenvalue weighted by Gasteiger charge is 2.30. The highest BCUT2D eigenvalue weighted by Crippen LogP contribution is 2.33. The number of benzene rings is 2. The molecular formula is C19H20BrN3S. The molecule has 124 valence electrons. The third kappa shape index (κ3) is 3.52. The molecule has 0 aromatic heterocycles. The van der Waals surface area contributed by atoms with E-state index in [4.69, 9.17) is 18.0 Å². The molecule has 0 spiro atoms. The standard InChI is InChI=1S/C19H20BrN3S/c1-12(2)13-3-5-15(6-4-13)18-11-17(22-23(18)19(21)24)14-7-9-16(20)10-8-14/h3-10,12,18H,11H2,1-2H3,(H2,21,24)/t18-/m1/s1. The predicted molar refractivity (Wildman–Crippen MR) is 107 cm³/mol. The first-order valence-corrected chi connectivity index (χ1v) is 9.18. The maximum atomic E-state index is 5.91. The molecule has 1 atom stereocenters. The van der Waals surface area contributed by atoms with Gasteiger partial charge in [-0.1, -0.05) is 66.2 Å². The van der Waals surface area contributed by atoms with E-state index in [-0.39, 0.29) is 6.04 Å². The van der Waals surface area contributed by atoms with Gasteiger partial charge in [-0.05, 0) is 47.0 Å². The predicted octanol–water partition coefficient (Wildman–Crippen LogP) is 4.97. The van der Waals surface area contributed by atoms with E-state index in [1.165, 1.54) is 11.1 Å². The molecule has 0 saturated heterocycles. The van der Waals surface area contributed by atoms with Gasteiger partial charge in [-0.2, -0.15) is 5.10 Å². The van der Waals surface area contributed by atoms with Crippen molar-refractivity contribution in [1.82, 2.24) is 5.01 Å². The van der Waals surface area contributed by atoms with Crippen molar-refractivity contribution in [2.75, 3.05) is 0 Å². The fourth-order valence-corrected chi connectivity index (χ4v) is 3.33. The Morgan fingerprint density at radius 3 is 2.33 bits per heavy atom. The maximum absolute atomic E-state index is 5.91. The normalized spacial score (nSPS) is 17.2. The van der Waals surface area contributed by atoms with Crippen LogP contribution in [0.5, 0.6) is 0 Å². The quantitative estimate of drug-likeness (QED) is 0.738. The second kappa shape index (κ2) is 7.03. The molecule has 5 heteroatoms. The molecule has 3 nitrogen and oxygen atoms in total. The second-order valence-electron chi connectivity index (χ2n) is 6.28. The van der Waals surface area contributed by atoms with Gasteiger partial charge in [0.05, 0.1) is 11.8 Å². The van der Waals surface area contributed by atoms with Gasteiger partial charge in [0.25, 0.3) is 0 Å². The molecule has 0 radical (unpaired) electrons. The van der Waals surface area contributed by atoms with Crippen LogP contribution in [0.2, 0.25) is 0 Å². The summed E-state index contributed by atoms with van der Waals surface area (Å²) in [6, 6.07) is 16.9. The van der Waals surface area contributed by atoms with Crippen molar-refractivity contribution in [3.05, 3.63) is 69.7 Å². The third-order valence-corrected chi connectivity index (χ3v) is 5.02. The van der Waals surface area contributed by atoms with Crippen LogP contribution in [0, 0.1) is 0 Å². The van der Waals surface area contributed by atoms with Crippen LogP contribution in [-0.4, -0.2) is 15.8 Å². The van der Waals surface area contributed by atoms with E-state index in [0.29, 0.717) is 11.0 Å². The molecule has 2 aromatic carbocycles. The molecular weight excluding hydrogens is 382 g/mol. The van der Waals surface area contributed by atoms with Crippen LogP contribution in [0.15, 0.2) is 58.1 Å². The molecule has 0 unspecified atom stereocenters. The Morgan fingerprint density at radius 2 is 1.79 bits per heavy atom. The van der Waals surface area contributed by atoms with Crippen molar-refractivity contribution < 1.29 is 0 Å². The van der Waals surface area contributed by atoms with E-state index in [2.05, 4.69) is 71.3 Å². The summed E-state index contributed by atoms with van der Waals surface area (Å²) in [5, 5.41) is 6.74. The highest BCUT2D eigenvalue weighted by molar-refractivity contribution is 9.10. The van der Waals surface area contributed by atoms with Gasteiger partial charge < -0.3 is 5.73 Å². The van der Waals surface area contributed by atoms with Gasteiger partial charge in [-0.25, -0.2) is 5.01 Å². The lowest BCUT2D eigenvalue weighted by Crippen LogP contribution is -2.31. The van der Waals surface area contributed by atoms with E-state index >= 15 is 0 Å². The monoisotopic (exact) mass is 401 g/mol. The lowest BCUT2D eigenvalue weighted by molar-refractivity contribution is 0.372. The molecule has 1 aliphatic rings. The van der Waals surface area contributed by atoms with Gasteiger partial charge in [0.15, 0.2) is 5.11 Å². The molecule has 1 aliphatic heterocycles. The Labute approximate surface area is 156 Å². The molecule has 0 amide bonds. The lowest BCUT2D eigenvalue weighted by Gasteiger charge is -2.22. The van der Waals surface area contributed by atoms with Crippen molar-refractivity contribution in [1.29, 1.82) is 0 Å². The van der Waals surface area contributed by atoms with E-state index in [0.717, 1.165) is 22.2 Å². The SMILES string of the molecule is CC(C)c1ccc([C@H]2CC(c3ccc(Br)cc3)=NN2C(N)=S)cc1. The number of nitrogens with zero attached hydrogens (tertiary/aromatic N) is 2. The van der Waals surface area contributed by atoms with Crippen molar-refractivity contribution in [3.8, 4) is 0 Å². The number of hydrogen-bond donors (Lipinski definition) is 1. The number of hydrazone groups is 1. The maximum Gasteiger partial charge on any atom is 0.187 e. The number of nitrogens with two attached hydrogens (primary N) is 1. The first kappa shape index (κ1) is 17.1. The average Bonchev–Trinajstić information content (AvgIpc) is 3.01. The average molecular weight is 402 g/mol. The number of thiocarbonyl (C=S) groups is 1. The Balaban J connectivity index is 1.89. The fourth-order valence-electron chi connectivity index (χ4n) is 2.89. The minimum atomic E-state index is 0.0577. The van der Waals surface area contributed by atoms with Crippen LogP contribution in [0.3, 0.4) is 0 Å². The number of hydrogen-bond acceptors (Lipinski definition) is 2. The molecule has 24 heavy (non-hydrogen) atoms. The van der Waals surface area contributed by atoms with Gasteiger partial charge in [-0.15, -0.1) is 0 Å². The number of halogens is 1. The van der Waals surface area contributed by atoms with Gasteiger partial charge in [0.2, 0.25) is 0 Å². The third-order valence-electron chi connectivity index (χ3n) is 4.30. The van der Waals surface area contributed by atoms with Gasteiger partial charge in [-0.3, -0.25) is 0 Å². The largest absolute Gasteiger partial charge is 0.375 e. The first-order chi connectivity index (χ1) is 11.5. The second-order valence-corrected chi connectivity index (χ2v) is 7.61. The highest BCUT2D eigenvalue weighted by atomic mass is 79.9. The van der Waals surface area contributed by atoms with E-state index < -0.39 is 0 Å². The van der Waals surface area contributed by atoms with E-state index in [1.54, 1.807) is 5.01 Å². The summed E-state index contributed by atoms with van der Waals surface area (Å²) in [7, 11) is 0. The summed E-state index contributed by atoms with van der Waals surface area (Å²) < 4.78 is 1.05. The van der Waals surface area contributed by atoms with Crippen molar-refractivity contribution in [2.24, 2.45) is 10.8 Å². The van der Waals surface area contributed by atoms with Crippen LogP contribution >= 0.6 is 28.1 Å². The molecule has 2 aromatic rings. The van der Waals surface area contributed by atoms with Gasteiger partial charge in [0.1, 0.15) is 0 Å². The Bertz CT molecular complexity index is 766. The van der Waals surface area contributed by atoms with Crippen LogP contribution in [0.1, 0.15) is 48.9 Å². The van der Waals surface area contributed by atoms with Crippen molar-refractivity contribution >= 4 is 39.0 Å². The molecule has 3 rings (SSSR count). The topological polar surface area (TPSA) is 41.6 Å². The zero-order chi connectivity index (χ0) is 17.3. The Kier molecular flexibility index (Phi) is 5.01. The summed E-state index contributed by atoms with van der Waals surface area (Å²) in [6.45, 7) is 4.39. The van der Waals surface area contributed by atoms with Crippen molar-refractivity contribution in [3.63, 3.8) is 0 Å². The summed E-state index contributed by atoms with van der Waals surface area (Å²) >= 11 is 8.68. The minimum absolute atomic E-state index is 0.0577. The molecule has 0 saturated carbocycles. The first-order valence-electron chi connectivity index (χ1n) is 7.97. The smallest absolute Gasteiger partial charge is 0.187 e. The van der Waals surface area contributed by atoms with Crippen LogP contribution in [0.4, 0.5) is 0 Å². The van der Waals surface area contributed by atoms with E-state index in [9.17, 15) is 0 Å². The summed E-state index contributed by atoms with van der Waals surface area (Å²) in [4.78, 5) is 0. The molecule has 2 N–H and O–H groups in total. The minimum Gasteiger partial charge on any atom is -0.375 e. The lowest BCUT2D eigenvalue weighted by atomic mass is 9.95. The van der Waals surface area contributed by atoms with Crippen molar-refractivity contribution in [2.45, 2.75) is 32.2 Å². The van der Waals surface area contributed by atoms with Crippen LogP contribution in [0.25, 0.3) is 0 Å². The number of rotatable bonds is 3.